The third-order valence-corrected chi connectivity index (χ3v) is 4.23. The Bertz CT molecular complexity index is 537. The van der Waals surface area contributed by atoms with Crippen molar-refractivity contribution in [2.24, 2.45) is 5.41 Å². The Balaban J connectivity index is 2.09. The second-order valence-corrected chi connectivity index (χ2v) is 5.57. The fourth-order valence-corrected chi connectivity index (χ4v) is 2.93. The van der Waals surface area contributed by atoms with Crippen LogP contribution in [0.2, 0.25) is 0 Å². The van der Waals surface area contributed by atoms with E-state index in [1.807, 2.05) is 6.92 Å². The van der Waals surface area contributed by atoms with E-state index in [1.54, 1.807) is 17.0 Å². The summed E-state index contributed by atoms with van der Waals surface area (Å²) in [5.41, 5.74) is 5.68. The van der Waals surface area contributed by atoms with Gasteiger partial charge in [-0.05, 0) is 31.4 Å². The lowest BCUT2D eigenvalue weighted by atomic mass is 9.75. The number of nitrogens with zero attached hydrogens (tertiary/aromatic N) is 2. The topological polar surface area (TPSA) is 96.5 Å². The van der Waals surface area contributed by atoms with Gasteiger partial charge in [0, 0.05) is 19.3 Å². The van der Waals surface area contributed by atoms with Crippen molar-refractivity contribution < 1.29 is 14.7 Å². The molecular weight excluding hydrogens is 270 g/mol. The van der Waals surface area contributed by atoms with Gasteiger partial charge in [0.25, 0.3) is 5.91 Å². The summed E-state index contributed by atoms with van der Waals surface area (Å²) < 4.78 is 0. The number of aliphatic carboxylic acids is 1. The first-order chi connectivity index (χ1) is 10.00. The number of hydrogen-bond acceptors (Lipinski definition) is 4. The van der Waals surface area contributed by atoms with Crippen LogP contribution in [-0.2, 0) is 4.79 Å². The molecule has 2 rings (SSSR count). The lowest BCUT2D eigenvalue weighted by Crippen LogP contribution is -2.46. The van der Waals surface area contributed by atoms with Crippen LogP contribution in [0.5, 0.6) is 0 Å². The maximum atomic E-state index is 12.4. The van der Waals surface area contributed by atoms with Crippen molar-refractivity contribution in [3.05, 3.63) is 24.0 Å². The van der Waals surface area contributed by atoms with Crippen molar-refractivity contribution in [2.45, 2.75) is 32.6 Å². The van der Waals surface area contributed by atoms with Gasteiger partial charge in [-0.15, -0.1) is 0 Å². The van der Waals surface area contributed by atoms with E-state index in [-0.39, 0.29) is 11.6 Å². The number of nitrogens with two attached hydrogens (primary N) is 1. The summed E-state index contributed by atoms with van der Waals surface area (Å²) in [5, 5.41) is 9.47. The molecule has 0 aliphatic carbocycles. The minimum Gasteiger partial charge on any atom is -0.481 e. The Morgan fingerprint density at radius 2 is 2.10 bits per heavy atom. The number of rotatable bonds is 4. The van der Waals surface area contributed by atoms with Crippen molar-refractivity contribution in [1.82, 2.24) is 9.88 Å². The number of carbonyl (C=O) groups excluding carboxylic acids is 1. The molecule has 3 N–H and O–H groups in total. The average molecular weight is 291 g/mol. The number of carbonyl (C=O) groups is 2. The second kappa shape index (κ2) is 6.11. The molecule has 0 bridgehead atoms. The van der Waals surface area contributed by atoms with E-state index in [2.05, 4.69) is 4.98 Å². The number of hydrogen-bond donors (Lipinski definition) is 2. The largest absolute Gasteiger partial charge is 0.481 e. The summed E-state index contributed by atoms with van der Waals surface area (Å²) in [7, 11) is 0. The van der Waals surface area contributed by atoms with Gasteiger partial charge in [0.05, 0.1) is 11.1 Å². The minimum absolute atomic E-state index is 0.219. The molecular formula is C15H21N3O3. The molecule has 1 amide bonds. The molecule has 6 heteroatoms. The van der Waals surface area contributed by atoms with Crippen LogP contribution in [0.3, 0.4) is 0 Å². The standard InChI is InChI=1S/C15H21N3O3/c1-2-5-15(14(20)21)6-9-18(10-7-15)13(19)12-11(16)4-3-8-17-12/h3-4,8H,2,5-7,9-10,16H2,1H3,(H,20,21). The Labute approximate surface area is 124 Å². The van der Waals surface area contributed by atoms with E-state index in [1.165, 1.54) is 6.20 Å². The zero-order chi connectivity index (χ0) is 15.5. The quantitative estimate of drug-likeness (QED) is 0.881. The highest BCUT2D eigenvalue weighted by Crippen LogP contribution is 2.36. The molecule has 0 saturated carbocycles. The first-order valence-electron chi connectivity index (χ1n) is 7.23. The van der Waals surface area contributed by atoms with E-state index >= 15 is 0 Å². The maximum absolute atomic E-state index is 12.4. The number of aromatic nitrogens is 1. The molecule has 6 nitrogen and oxygen atoms in total. The third kappa shape index (κ3) is 2.99. The van der Waals surface area contributed by atoms with E-state index < -0.39 is 11.4 Å². The molecule has 0 aromatic carbocycles. The number of nitrogen functional groups attached to an aromatic ring is 1. The van der Waals surface area contributed by atoms with Crippen molar-refractivity contribution in [2.75, 3.05) is 18.8 Å². The number of pyridine rings is 1. The van der Waals surface area contributed by atoms with Crippen LogP contribution in [0, 0.1) is 5.41 Å². The summed E-state index contributed by atoms with van der Waals surface area (Å²) in [5.74, 6) is -0.975. The van der Waals surface area contributed by atoms with Crippen molar-refractivity contribution in [1.29, 1.82) is 0 Å². The number of anilines is 1. The highest BCUT2D eigenvalue weighted by molar-refractivity contribution is 5.97. The second-order valence-electron chi connectivity index (χ2n) is 5.57. The molecule has 1 aliphatic heterocycles. The monoisotopic (exact) mass is 291 g/mol. The van der Waals surface area contributed by atoms with E-state index in [4.69, 9.17) is 5.73 Å². The van der Waals surface area contributed by atoms with Gasteiger partial charge in [-0.2, -0.15) is 0 Å². The number of carboxylic acids is 1. The predicted octanol–water partition coefficient (Wildman–Crippen LogP) is 1.77. The fraction of sp³-hybridized carbons (Fsp3) is 0.533. The van der Waals surface area contributed by atoms with E-state index in [9.17, 15) is 14.7 Å². The Morgan fingerprint density at radius 1 is 1.43 bits per heavy atom. The van der Waals surface area contributed by atoms with Crippen molar-refractivity contribution >= 4 is 17.6 Å². The highest BCUT2D eigenvalue weighted by Gasteiger charge is 2.41. The van der Waals surface area contributed by atoms with Crippen molar-refractivity contribution in [3.63, 3.8) is 0 Å². The van der Waals surface area contributed by atoms with Crippen LogP contribution in [0.15, 0.2) is 18.3 Å². The third-order valence-electron chi connectivity index (χ3n) is 4.23. The average Bonchev–Trinajstić information content (AvgIpc) is 2.48. The van der Waals surface area contributed by atoms with Crippen LogP contribution in [-0.4, -0.2) is 40.0 Å². The molecule has 0 radical (unpaired) electrons. The first-order valence-corrected chi connectivity index (χ1v) is 7.23. The van der Waals surface area contributed by atoms with Gasteiger partial charge in [0.2, 0.25) is 0 Å². The molecule has 21 heavy (non-hydrogen) atoms. The van der Waals surface area contributed by atoms with E-state index in [0.29, 0.717) is 38.0 Å². The van der Waals surface area contributed by atoms with E-state index in [0.717, 1.165) is 6.42 Å². The van der Waals surface area contributed by atoms with Crippen LogP contribution >= 0.6 is 0 Å². The molecule has 114 valence electrons. The maximum Gasteiger partial charge on any atom is 0.309 e. The summed E-state index contributed by atoms with van der Waals surface area (Å²) in [4.78, 5) is 29.6. The first kappa shape index (κ1) is 15.3. The van der Waals surface area contributed by atoms with Crippen LogP contribution in [0.1, 0.15) is 43.1 Å². The Kier molecular flexibility index (Phi) is 4.45. The molecule has 1 aromatic heterocycles. The SMILES string of the molecule is CCCC1(C(=O)O)CCN(C(=O)c2ncccc2N)CC1. The van der Waals surface area contributed by atoms with Crippen LogP contribution < -0.4 is 5.73 Å². The zero-order valence-corrected chi connectivity index (χ0v) is 12.2. The number of piperidine rings is 1. The van der Waals surface area contributed by atoms with Gasteiger partial charge in [0.1, 0.15) is 0 Å². The van der Waals surface area contributed by atoms with Crippen molar-refractivity contribution in [3.8, 4) is 0 Å². The lowest BCUT2D eigenvalue weighted by molar-refractivity contribution is -0.152. The van der Waals surface area contributed by atoms with Crippen LogP contribution in [0.4, 0.5) is 5.69 Å². The Morgan fingerprint density at radius 3 is 2.62 bits per heavy atom. The Hall–Kier alpha value is -2.11. The highest BCUT2D eigenvalue weighted by atomic mass is 16.4. The minimum atomic E-state index is -0.756. The lowest BCUT2D eigenvalue weighted by Gasteiger charge is -2.38. The molecule has 0 unspecified atom stereocenters. The predicted molar refractivity (Wildman–Crippen MR) is 78.8 cm³/mol. The van der Waals surface area contributed by atoms with Gasteiger partial charge in [-0.1, -0.05) is 13.3 Å². The summed E-state index contributed by atoms with van der Waals surface area (Å²) >= 11 is 0. The van der Waals surface area contributed by atoms with Gasteiger partial charge in [-0.25, -0.2) is 4.98 Å². The van der Waals surface area contributed by atoms with Gasteiger partial charge in [0.15, 0.2) is 5.69 Å². The molecule has 1 fully saturated rings. The zero-order valence-electron chi connectivity index (χ0n) is 12.2. The molecule has 0 atom stereocenters. The molecule has 1 aliphatic rings. The molecule has 1 saturated heterocycles. The summed E-state index contributed by atoms with van der Waals surface area (Å²) in [6.45, 7) is 2.85. The molecule has 1 aromatic rings. The number of likely N-dealkylation sites (tertiary alicyclic amines) is 1. The number of amides is 1. The normalized spacial score (nSPS) is 17.5. The van der Waals surface area contributed by atoms with Crippen LogP contribution in [0.25, 0.3) is 0 Å². The molecule has 0 spiro atoms. The van der Waals surface area contributed by atoms with Gasteiger partial charge >= 0.3 is 5.97 Å². The molecule has 2 heterocycles. The van der Waals surface area contributed by atoms with Gasteiger partial charge < -0.3 is 15.7 Å². The fourth-order valence-electron chi connectivity index (χ4n) is 2.93. The number of carboxylic acid groups (broad SMARTS) is 1. The summed E-state index contributed by atoms with van der Waals surface area (Å²) in [6.07, 6.45) is 3.97. The summed E-state index contributed by atoms with van der Waals surface area (Å²) in [6, 6.07) is 3.32. The smallest absolute Gasteiger partial charge is 0.309 e. The van der Waals surface area contributed by atoms with Gasteiger partial charge in [-0.3, -0.25) is 9.59 Å².